The number of hydrogen-bond acceptors (Lipinski definition) is 3. The second-order valence-corrected chi connectivity index (χ2v) is 4.29. The summed E-state index contributed by atoms with van der Waals surface area (Å²) < 4.78 is 34.3. The van der Waals surface area contributed by atoms with E-state index in [-0.39, 0.29) is 12.0 Å². The Morgan fingerprint density at radius 3 is 2.56 bits per heavy atom. The van der Waals surface area contributed by atoms with Crippen LogP contribution in [-0.2, 0) is 15.0 Å². The molecule has 6 heteroatoms. The number of aliphatic carboxylic acids is 1. The fourth-order valence-corrected chi connectivity index (χ4v) is 1.79. The van der Waals surface area contributed by atoms with Gasteiger partial charge in [0.15, 0.2) is 0 Å². The third kappa shape index (κ3) is 3.47. The summed E-state index contributed by atoms with van der Waals surface area (Å²) in [6.07, 6.45) is 2.27. The predicted molar refractivity (Wildman–Crippen MR) is 56.0 cm³/mol. The van der Waals surface area contributed by atoms with Crippen molar-refractivity contribution in [2.75, 3.05) is 0 Å². The van der Waals surface area contributed by atoms with Gasteiger partial charge in [-0.2, -0.15) is 8.42 Å². The maximum Gasteiger partial charge on any atom is 0.332 e. The molecule has 0 saturated heterocycles. The average Bonchev–Trinajstić information content (AvgIpc) is 2.16. The van der Waals surface area contributed by atoms with Crippen LogP contribution in [0.15, 0.2) is 35.2 Å². The van der Waals surface area contributed by atoms with Crippen LogP contribution in [0.4, 0.5) is 3.89 Å². The minimum Gasteiger partial charge on any atom is -0.481 e. The summed E-state index contributed by atoms with van der Waals surface area (Å²) in [6.45, 7) is 0. The molecule has 1 aromatic carbocycles. The van der Waals surface area contributed by atoms with Crippen molar-refractivity contribution in [3.05, 3.63) is 35.9 Å². The standard InChI is InChI=1S/C10H9FO4S/c11-16(14,15)9-6-2-1-4-8(9)5-3-7-10(12)13/h1-6H,7H2,(H,12,13). The normalized spacial score (nSPS) is 11.8. The van der Waals surface area contributed by atoms with Crippen molar-refractivity contribution >= 4 is 22.3 Å². The highest BCUT2D eigenvalue weighted by molar-refractivity contribution is 7.86. The Morgan fingerprint density at radius 1 is 1.38 bits per heavy atom. The van der Waals surface area contributed by atoms with Gasteiger partial charge in [0.05, 0.1) is 6.42 Å². The van der Waals surface area contributed by atoms with Gasteiger partial charge in [-0.25, -0.2) is 0 Å². The number of benzene rings is 1. The maximum atomic E-state index is 12.8. The zero-order valence-electron chi connectivity index (χ0n) is 8.13. The highest BCUT2D eigenvalue weighted by Gasteiger charge is 2.14. The predicted octanol–water partition coefficient (Wildman–Crippen LogP) is 1.83. The van der Waals surface area contributed by atoms with Crippen molar-refractivity contribution in [3.8, 4) is 0 Å². The summed E-state index contributed by atoms with van der Waals surface area (Å²) in [5.41, 5.74) is 0.131. The first kappa shape index (κ1) is 12.4. The topological polar surface area (TPSA) is 71.4 Å². The van der Waals surface area contributed by atoms with Gasteiger partial charge < -0.3 is 5.11 Å². The summed E-state index contributed by atoms with van der Waals surface area (Å²) in [5, 5.41) is 8.38. The lowest BCUT2D eigenvalue weighted by atomic mass is 10.2. The lowest BCUT2D eigenvalue weighted by molar-refractivity contribution is -0.135. The molecular weight excluding hydrogens is 235 g/mol. The number of halogens is 1. The van der Waals surface area contributed by atoms with E-state index < -0.39 is 21.1 Å². The molecule has 0 fully saturated rings. The zero-order chi connectivity index (χ0) is 12.2. The van der Waals surface area contributed by atoms with Gasteiger partial charge in [-0.3, -0.25) is 4.79 Å². The first-order valence-corrected chi connectivity index (χ1v) is 5.71. The molecule has 1 rings (SSSR count). The Kier molecular flexibility index (Phi) is 3.78. The molecule has 1 N–H and O–H groups in total. The Bertz CT molecular complexity index is 519. The second-order valence-electron chi connectivity index (χ2n) is 2.98. The first-order valence-electron chi connectivity index (χ1n) is 4.33. The van der Waals surface area contributed by atoms with Gasteiger partial charge in [-0.05, 0) is 11.6 Å². The van der Waals surface area contributed by atoms with Crippen LogP contribution >= 0.6 is 0 Å². The molecule has 0 spiro atoms. The highest BCUT2D eigenvalue weighted by atomic mass is 32.3. The van der Waals surface area contributed by atoms with Gasteiger partial charge in [0.1, 0.15) is 4.90 Å². The van der Waals surface area contributed by atoms with E-state index in [2.05, 4.69) is 0 Å². The van der Waals surface area contributed by atoms with Crippen molar-refractivity contribution in [2.24, 2.45) is 0 Å². The quantitative estimate of drug-likeness (QED) is 0.820. The van der Waals surface area contributed by atoms with Crippen LogP contribution in [0.3, 0.4) is 0 Å². The van der Waals surface area contributed by atoms with Gasteiger partial charge in [0.2, 0.25) is 0 Å². The molecule has 0 aliphatic carbocycles. The average molecular weight is 244 g/mol. The fourth-order valence-electron chi connectivity index (χ4n) is 1.13. The maximum absolute atomic E-state index is 12.8. The van der Waals surface area contributed by atoms with Gasteiger partial charge in [-0.1, -0.05) is 30.4 Å². The lowest BCUT2D eigenvalue weighted by Crippen LogP contribution is -1.95. The molecule has 0 radical (unpaired) electrons. The molecule has 0 aromatic heterocycles. The third-order valence-electron chi connectivity index (χ3n) is 1.77. The van der Waals surface area contributed by atoms with Crippen molar-refractivity contribution in [1.29, 1.82) is 0 Å². The van der Waals surface area contributed by atoms with E-state index >= 15 is 0 Å². The fraction of sp³-hybridized carbons (Fsp3) is 0.100. The van der Waals surface area contributed by atoms with Gasteiger partial charge >= 0.3 is 16.2 Å². The van der Waals surface area contributed by atoms with Crippen LogP contribution in [0.2, 0.25) is 0 Å². The molecule has 4 nitrogen and oxygen atoms in total. The number of hydrogen-bond donors (Lipinski definition) is 1. The molecule has 0 heterocycles. The van der Waals surface area contributed by atoms with E-state index in [0.29, 0.717) is 0 Å². The van der Waals surface area contributed by atoms with E-state index in [1.165, 1.54) is 30.4 Å². The minimum absolute atomic E-state index is 0.131. The summed E-state index contributed by atoms with van der Waals surface area (Å²) in [4.78, 5) is 9.77. The molecule has 0 saturated carbocycles. The summed E-state index contributed by atoms with van der Waals surface area (Å²) in [6, 6.07) is 5.44. The number of carboxylic acid groups (broad SMARTS) is 1. The van der Waals surface area contributed by atoms with Crippen LogP contribution in [0.25, 0.3) is 6.08 Å². The lowest BCUT2D eigenvalue weighted by Gasteiger charge is -1.99. The van der Waals surface area contributed by atoms with E-state index in [9.17, 15) is 17.1 Å². The SMILES string of the molecule is O=C(O)CC=Cc1ccccc1S(=O)(=O)F. The van der Waals surface area contributed by atoms with Crippen molar-refractivity contribution < 1.29 is 22.2 Å². The Hall–Kier alpha value is -1.69. The third-order valence-corrected chi connectivity index (χ3v) is 2.67. The van der Waals surface area contributed by atoms with Crippen LogP contribution in [0.5, 0.6) is 0 Å². The van der Waals surface area contributed by atoms with Crippen LogP contribution in [0.1, 0.15) is 12.0 Å². The molecular formula is C10H9FO4S. The van der Waals surface area contributed by atoms with Gasteiger partial charge in [0.25, 0.3) is 0 Å². The van der Waals surface area contributed by atoms with Crippen molar-refractivity contribution in [1.82, 2.24) is 0 Å². The molecule has 16 heavy (non-hydrogen) atoms. The smallest absolute Gasteiger partial charge is 0.332 e. The molecule has 86 valence electrons. The molecule has 0 aliphatic heterocycles. The zero-order valence-corrected chi connectivity index (χ0v) is 8.95. The molecule has 0 atom stereocenters. The molecule has 1 aromatic rings. The minimum atomic E-state index is -4.78. The second kappa shape index (κ2) is 4.89. The summed E-state index contributed by atoms with van der Waals surface area (Å²) >= 11 is 0. The summed E-state index contributed by atoms with van der Waals surface area (Å²) in [7, 11) is -4.78. The Balaban J connectivity index is 3.06. The van der Waals surface area contributed by atoms with Crippen molar-refractivity contribution in [3.63, 3.8) is 0 Å². The van der Waals surface area contributed by atoms with Gasteiger partial charge in [0, 0.05) is 0 Å². The molecule has 0 bridgehead atoms. The Morgan fingerprint density at radius 2 is 2.00 bits per heavy atom. The van der Waals surface area contributed by atoms with Crippen LogP contribution in [-0.4, -0.2) is 19.5 Å². The highest BCUT2D eigenvalue weighted by Crippen LogP contribution is 2.19. The van der Waals surface area contributed by atoms with E-state index in [1.54, 1.807) is 0 Å². The van der Waals surface area contributed by atoms with E-state index in [4.69, 9.17) is 5.11 Å². The summed E-state index contributed by atoms with van der Waals surface area (Å²) in [5.74, 6) is -1.04. The van der Waals surface area contributed by atoms with Crippen LogP contribution < -0.4 is 0 Å². The number of carboxylic acids is 1. The Labute approximate surface area is 92.2 Å². The molecule has 0 aliphatic rings. The van der Waals surface area contributed by atoms with E-state index in [1.807, 2.05) is 0 Å². The molecule has 0 amide bonds. The first-order chi connectivity index (χ1) is 7.41. The van der Waals surface area contributed by atoms with Crippen molar-refractivity contribution in [2.45, 2.75) is 11.3 Å². The largest absolute Gasteiger partial charge is 0.481 e. The van der Waals surface area contributed by atoms with Crippen LogP contribution in [0, 0.1) is 0 Å². The number of rotatable bonds is 4. The van der Waals surface area contributed by atoms with E-state index in [0.717, 1.165) is 6.07 Å². The molecule has 0 unspecified atom stereocenters. The number of carbonyl (C=O) groups is 1. The van der Waals surface area contributed by atoms with Gasteiger partial charge in [-0.15, -0.1) is 3.89 Å². The monoisotopic (exact) mass is 244 g/mol.